The number of halogens is 4. The number of nitrogens with zero attached hydrogens (tertiary/aromatic N) is 1. The summed E-state index contributed by atoms with van der Waals surface area (Å²) in [6.45, 7) is 0.126. The van der Waals surface area contributed by atoms with Crippen LogP contribution in [0, 0.1) is 5.92 Å². The first-order valence-corrected chi connectivity index (χ1v) is 8.20. The monoisotopic (exact) mass is 385 g/mol. The molecule has 122 valence electrons. The van der Waals surface area contributed by atoms with Gasteiger partial charge in [0.1, 0.15) is 0 Å². The van der Waals surface area contributed by atoms with Crippen LogP contribution < -0.4 is 0 Å². The molecule has 0 saturated carbocycles. The molecule has 1 unspecified atom stereocenters. The zero-order valence-electron chi connectivity index (χ0n) is 12.2. The predicted octanol–water partition coefficient (Wildman–Crippen LogP) is 5.02. The lowest BCUT2D eigenvalue weighted by atomic mass is 9.96. The van der Waals surface area contributed by atoms with Crippen LogP contribution in [0.25, 0.3) is 10.8 Å². The van der Waals surface area contributed by atoms with E-state index < -0.39 is 12.1 Å². The van der Waals surface area contributed by atoms with Crippen molar-refractivity contribution in [1.82, 2.24) is 4.90 Å². The molecule has 0 aliphatic carbocycles. The summed E-state index contributed by atoms with van der Waals surface area (Å²) in [5, 5.41) is 1.85. The van der Waals surface area contributed by atoms with E-state index in [0.717, 1.165) is 15.2 Å². The summed E-state index contributed by atoms with van der Waals surface area (Å²) in [5.74, 6) is -1.75. The van der Waals surface area contributed by atoms with Gasteiger partial charge in [-0.2, -0.15) is 13.2 Å². The number of alkyl halides is 3. The zero-order valence-corrected chi connectivity index (χ0v) is 13.8. The second-order valence-electron chi connectivity index (χ2n) is 5.81. The molecule has 0 bridgehead atoms. The maximum absolute atomic E-state index is 12.9. The Balaban J connectivity index is 1.85. The van der Waals surface area contributed by atoms with E-state index in [1.54, 1.807) is 12.1 Å². The van der Waals surface area contributed by atoms with Crippen molar-refractivity contribution in [3.63, 3.8) is 0 Å². The zero-order chi connectivity index (χ0) is 16.6. The highest BCUT2D eigenvalue weighted by atomic mass is 79.9. The van der Waals surface area contributed by atoms with E-state index in [4.69, 9.17) is 0 Å². The Morgan fingerprint density at radius 2 is 2.00 bits per heavy atom. The van der Waals surface area contributed by atoms with Gasteiger partial charge in [0.05, 0.1) is 5.92 Å². The van der Waals surface area contributed by atoms with E-state index in [9.17, 15) is 18.0 Å². The van der Waals surface area contributed by atoms with Crippen LogP contribution in [-0.2, 0) is 0 Å². The standard InChI is InChI=1S/C17H15BrF3NO/c18-15-5-1-3-11-9-12(6-7-14(11)15)16(23)22-8-2-4-13(10-22)17(19,20)21/h1,3,5-7,9,13H,2,4,8,10H2. The van der Waals surface area contributed by atoms with Crippen LogP contribution in [0.3, 0.4) is 0 Å². The molecule has 1 atom stereocenters. The highest BCUT2D eigenvalue weighted by Gasteiger charge is 2.42. The molecule has 1 fully saturated rings. The van der Waals surface area contributed by atoms with E-state index in [2.05, 4.69) is 15.9 Å². The van der Waals surface area contributed by atoms with Crippen LogP contribution in [0.2, 0.25) is 0 Å². The molecule has 0 N–H and O–H groups in total. The summed E-state index contributed by atoms with van der Waals surface area (Å²) in [6.07, 6.45) is -3.76. The summed E-state index contributed by atoms with van der Waals surface area (Å²) >= 11 is 3.44. The number of fused-ring (bicyclic) bond motifs is 1. The van der Waals surface area contributed by atoms with E-state index in [1.165, 1.54) is 4.90 Å². The largest absolute Gasteiger partial charge is 0.393 e. The Labute approximate surface area is 140 Å². The molecule has 2 aromatic rings. The minimum atomic E-state index is -4.24. The predicted molar refractivity (Wildman–Crippen MR) is 86.3 cm³/mol. The van der Waals surface area contributed by atoms with Crippen molar-refractivity contribution in [1.29, 1.82) is 0 Å². The quantitative estimate of drug-likeness (QED) is 0.674. The van der Waals surface area contributed by atoms with Crippen LogP contribution in [0.5, 0.6) is 0 Å². The molecular formula is C17H15BrF3NO. The Bertz CT molecular complexity index is 744. The first-order valence-electron chi connectivity index (χ1n) is 7.40. The molecule has 3 rings (SSSR count). The third kappa shape index (κ3) is 3.37. The Morgan fingerprint density at radius 1 is 1.22 bits per heavy atom. The first-order chi connectivity index (χ1) is 10.9. The highest BCUT2D eigenvalue weighted by Crippen LogP contribution is 2.34. The van der Waals surface area contributed by atoms with Gasteiger partial charge < -0.3 is 4.90 Å². The van der Waals surface area contributed by atoms with Gasteiger partial charge in [-0.15, -0.1) is 0 Å². The van der Waals surface area contributed by atoms with Crippen LogP contribution in [-0.4, -0.2) is 30.1 Å². The van der Waals surface area contributed by atoms with E-state index in [1.807, 2.05) is 24.3 Å². The number of benzene rings is 2. The molecule has 1 saturated heterocycles. The lowest BCUT2D eigenvalue weighted by molar-refractivity contribution is -0.184. The first kappa shape index (κ1) is 16.3. The van der Waals surface area contributed by atoms with Gasteiger partial charge in [-0.05, 0) is 41.8 Å². The van der Waals surface area contributed by atoms with Gasteiger partial charge in [0.2, 0.25) is 0 Å². The van der Waals surface area contributed by atoms with Gasteiger partial charge in [-0.25, -0.2) is 0 Å². The van der Waals surface area contributed by atoms with E-state index in [-0.39, 0.29) is 18.9 Å². The van der Waals surface area contributed by atoms with E-state index >= 15 is 0 Å². The van der Waals surface area contributed by atoms with Crippen LogP contribution >= 0.6 is 15.9 Å². The number of hydrogen-bond donors (Lipinski definition) is 0. The van der Waals surface area contributed by atoms with E-state index in [0.29, 0.717) is 18.5 Å². The number of likely N-dealkylation sites (tertiary alicyclic amines) is 1. The van der Waals surface area contributed by atoms with Gasteiger partial charge in [0, 0.05) is 23.1 Å². The average Bonchev–Trinajstić information content (AvgIpc) is 2.53. The van der Waals surface area contributed by atoms with Crippen molar-refractivity contribution in [3.05, 3.63) is 46.4 Å². The molecule has 2 nitrogen and oxygen atoms in total. The fourth-order valence-electron chi connectivity index (χ4n) is 2.99. The SMILES string of the molecule is O=C(c1ccc2c(Br)cccc2c1)N1CCCC(C(F)(F)F)C1. The van der Waals surface area contributed by atoms with Crippen LogP contribution in [0.15, 0.2) is 40.9 Å². The van der Waals surface area contributed by atoms with Crippen LogP contribution in [0.1, 0.15) is 23.2 Å². The number of carbonyl (C=O) groups excluding carboxylic acids is 1. The molecule has 0 spiro atoms. The maximum atomic E-state index is 12.9. The average molecular weight is 386 g/mol. The summed E-state index contributed by atoms with van der Waals surface area (Å²) in [7, 11) is 0. The van der Waals surface area contributed by atoms with Gasteiger partial charge in [-0.1, -0.05) is 34.1 Å². The van der Waals surface area contributed by atoms with Gasteiger partial charge >= 0.3 is 6.18 Å². The van der Waals surface area contributed by atoms with Gasteiger partial charge in [0.25, 0.3) is 5.91 Å². The van der Waals surface area contributed by atoms with Gasteiger partial charge in [0.15, 0.2) is 0 Å². The number of amides is 1. The maximum Gasteiger partial charge on any atom is 0.393 e. The fourth-order valence-corrected chi connectivity index (χ4v) is 3.50. The minimum Gasteiger partial charge on any atom is -0.338 e. The van der Waals surface area contributed by atoms with Crippen LogP contribution in [0.4, 0.5) is 13.2 Å². The summed E-state index contributed by atoms with van der Waals surface area (Å²) in [5.41, 5.74) is 0.429. The number of carbonyl (C=O) groups is 1. The van der Waals surface area contributed by atoms with Crippen molar-refractivity contribution in [2.75, 3.05) is 13.1 Å². The molecule has 1 aliphatic heterocycles. The number of hydrogen-bond acceptors (Lipinski definition) is 1. The Kier molecular flexibility index (Phi) is 4.36. The summed E-state index contributed by atoms with van der Waals surface area (Å²) in [6, 6.07) is 10.9. The normalized spacial score (nSPS) is 19.1. The van der Waals surface area contributed by atoms with Crippen molar-refractivity contribution in [3.8, 4) is 0 Å². The number of piperidine rings is 1. The Morgan fingerprint density at radius 3 is 2.74 bits per heavy atom. The molecule has 2 aromatic carbocycles. The summed E-state index contributed by atoms with van der Waals surface area (Å²) < 4.78 is 39.6. The molecule has 23 heavy (non-hydrogen) atoms. The molecule has 1 aliphatic rings. The molecular weight excluding hydrogens is 371 g/mol. The Hall–Kier alpha value is -1.56. The second-order valence-corrected chi connectivity index (χ2v) is 6.66. The van der Waals surface area contributed by atoms with Gasteiger partial charge in [-0.3, -0.25) is 4.79 Å². The smallest absolute Gasteiger partial charge is 0.338 e. The van der Waals surface area contributed by atoms with Crippen molar-refractivity contribution < 1.29 is 18.0 Å². The van der Waals surface area contributed by atoms with Crippen molar-refractivity contribution in [2.24, 2.45) is 5.92 Å². The third-order valence-electron chi connectivity index (χ3n) is 4.25. The number of rotatable bonds is 1. The third-order valence-corrected chi connectivity index (χ3v) is 4.94. The van der Waals surface area contributed by atoms with Crippen molar-refractivity contribution in [2.45, 2.75) is 19.0 Å². The summed E-state index contributed by atoms with van der Waals surface area (Å²) in [4.78, 5) is 13.9. The molecule has 0 aromatic heterocycles. The molecule has 1 amide bonds. The topological polar surface area (TPSA) is 20.3 Å². The molecule has 1 heterocycles. The highest BCUT2D eigenvalue weighted by molar-refractivity contribution is 9.10. The molecule has 0 radical (unpaired) electrons. The molecule has 6 heteroatoms. The second kappa shape index (κ2) is 6.15. The van der Waals surface area contributed by atoms with Crippen molar-refractivity contribution >= 4 is 32.6 Å². The lowest BCUT2D eigenvalue weighted by Crippen LogP contribution is -2.44. The lowest BCUT2D eigenvalue weighted by Gasteiger charge is -2.33. The fraction of sp³-hybridized carbons (Fsp3) is 0.353. The minimum absolute atomic E-state index is 0.0952.